The molecule has 0 radical (unpaired) electrons. The minimum Gasteiger partial charge on any atom is -0.396 e. The van der Waals surface area contributed by atoms with Crippen LogP contribution in [0.4, 0.5) is 5.13 Å². The van der Waals surface area contributed by atoms with Crippen LogP contribution in [0.1, 0.15) is 12.8 Å². The van der Waals surface area contributed by atoms with Gasteiger partial charge in [-0.1, -0.05) is 23.1 Å². The average Bonchev–Trinajstić information content (AvgIpc) is 2.61. The quantitative estimate of drug-likeness (QED) is 0.595. The number of hydrogen-bond acceptors (Lipinski definition) is 6. The predicted octanol–water partition coefficient (Wildman–Crippen LogP) is 1.47. The third-order valence-corrected chi connectivity index (χ3v) is 3.87. The molecule has 0 unspecified atom stereocenters. The Morgan fingerprint density at radius 3 is 2.71 bits per heavy atom. The van der Waals surface area contributed by atoms with E-state index in [4.69, 9.17) is 5.11 Å². The lowest BCUT2D eigenvalue weighted by atomic mass is 10.4. The maximum Gasteiger partial charge on any atom is 0.208 e. The van der Waals surface area contributed by atoms with E-state index in [1.807, 2.05) is 19.0 Å². The second kappa shape index (κ2) is 6.21. The normalized spacial score (nSPS) is 10.5. The summed E-state index contributed by atoms with van der Waals surface area (Å²) in [6.45, 7) is 0.277. The van der Waals surface area contributed by atoms with Crippen molar-refractivity contribution >= 4 is 28.2 Å². The first-order valence-electron chi connectivity index (χ1n) is 4.48. The Morgan fingerprint density at radius 1 is 1.36 bits per heavy atom. The van der Waals surface area contributed by atoms with Crippen molar-refractivity contribution in [1.82, 2.24) is 10.2 Å². The number of unbranched alkanes of at least 4 members (excludes halogenated alkanes) is 1. The molecule has 0 aliphatic heterocycles. The molecule has 80 valence electrons. The number of aliphatic hydroxyl groups is 1. The molecule has 1 heterocycles. The van der Waals surface area contributed by atoms with Crippen LogP contribution in [-0.2, 0) is 0 Å². The fraction of sp³-hybridized carbons (Fsp3) is 0.750. The molecule has 0 spiro atoms. The third-order valence-electron chi connectivity index (χ3n) is 1.56. The molecule has 1 aromatic rings. The predicted molar refractivity (Wildman–Crippen MR) is 61.3 cm³/mol. The fourth-order valence-corrected chi connectivity index (χ4v) is 2.65. The largest absolute Gasteiger partial charge is 0.396 e. The number of thioether (sulfide) groups is 1. The summed E-state index contributed by atoms with van der Waals surface area (Å²) in [5, 5.41) is 17.6. The molecule has 14 heavy (non-hydrogen) atoms. The van der Waals surface area contributed by atoms with Gasteiger partial charge in [0.25, 0.3) is 0 Å². The first-order valence-corrected chi connectivity index (χ1v) is 6.28. The highest BCUT2D eigenvalue weighted by Crippen LogP contribution is 2.27. The van der Waals surface area contributed by atoms with Gasteiger partial charge in [-0.05, 0) is 12.8 Å². The lowest BCUT2D eigenvalue weighted by Crippen LogP contribution is -2.07. The molecule has 0 fully saturated rings. The van der Waals surface area contributed by atoms with Crippen molar-refractivity contribution < 1.29 is 5.11 Å². The number of anilines is 1. The van der Waals surface area contributed by atoms with Gasteiger partial charge in [0, 0.05) is 26.5 Å². The Labute approximate surface area is 92.3 Å². The molecular weight excluding hydrogens is 218 g/mol. The van der Waals surface area contributed by atoms with Crippen LogP contribution >= 0.6 is 23.1 Å². The van der Waals surface area contributed by atoms with Crippen molar-refractivity contribution in [2.24, 2.45) is 0 Å². The summed E-state index contributed by atoms with van der Waals surface area (Å²) in [5.74, 6) is 1.00. The standard InChI is InChI=1S/C8H15N3OS2/c1-11(2)7-9-10-8(14-7)13-6-4-3-5-12/h12H,3-6H2,1-2H3. The number of nitrogens with zero attached hydrogens (tertiary/aromatic N) is 3. The number of aliphatic hydroxyl groups excluding tert-OH is 1. The zero-order valence-electron chi connectivity index (χ0n) is 8.43. The van der Waals surface area contributed by atoms with Crippen LogP contribution in [0.5, 0.6) is 0 Å². The van der Waals surface area contributed by atoms with Crippen molar-refractivity contribution in [2.75, 3.05) is 31.4 Å². The molecule has 0 aliphatic carbocycles. The number of hydrogen-bond donors (Lipinski definition) is 1. The maximum atomic E-state index is 8.60. The van der Waals surface area contributed by atoms with Gasteiger partial charge in [0.1, 0.15) is 0 Å². The van der Waals surface area contributed by atoms with Crippen LogP contribution in [0.15, 0.2) is 4.34 Å². The van der Waals surface area contributed by atoms with E-state index in [9.17, 15) is 0 Å². The molecule has 4 nitrogen and oxygen atoms in total. The molecule has 0 saturated heterocycles. The second-order valence-electron chi connectivity index (χ2n) is 3.02. The highest BCUT2D eigenvalue weighted by atomic mass is 32.2. The van der Waals surface area contributed by atoms with Gasteiger partial charge < -0.3 is 10.0 Å². The minimum absolute atomic E-state index is 0.277. The van der Waals surface area contributed by atoms with E-state index in [1.54, 1.807) is 23.1 Å². The number of rotatable bonds is 6. The highest BCUT2D eigenvalue weighted by molar-refractivity contribution is 8.01. The van der Waals surface area contributed by atoms with Gasteiger partial charge in [-0.3, -0.25) is 0 Å². The minimum atomic E-state index is 0.277. The summed E-state index contributed by atoms with van der Waals surface area (Å²) >= 11 is 3.31. The molecule has 0 atom stereocenters. The van der Waals surface area contributed by atoms with Gasteiger partial charge >= 0.3 is 0 Å². The Kier molecular flexibility index (Phi) is 5.21. The van der Waals surface area contributed by atoms with Gasteiger partial charge in [0.2, 0.25) is 5.13 Å². The first-order chi connectivity index (χ1) is 6.74. The van der Waals surface area contributed by atoms with Crippen LogP contribution in [0, 0.1) is 0 Å². The Morgan fingerprint density at radius 2 is 2.14 bits per heavy atom. The fourth-order valence-electron chi connectivity index (χ4n) is 0.815. The van der Waals surface area contributed by atoms with Crippen LogP contribution in [-0.4, -0.2) is 41.8 Å². The monoisotopic (exact) mass is 233 g/mol. The van der Waals surface area contributed by atoms with E-state index in [0.29, 0.717) is 0 Å². The van der Waals surface area contributed by atoms with Crippen LogP contribution < -0.4 is 4.90 Å². The zero-order chi connectivity index (χ0) is 10.4. The second-order valence-corrected chi connectivity index (χ2v) is 5.32. The van der Waals surface area contributed by atoms with E-state index < -0.39 is 0 Å². The summed E-state index contributed by atoms with van der Waals surface area (Å²) in [6, 6.07) is 0. The maximum absolute atomic E-state index is 8.60. The molecule has 1 aromatic heterocycles. The Bertz CT molecular complexity index is 265. The summed E-state index contributed by atoms with van der Waals surface area (Å²) in [6.07, 6.45) is 1.89. The third kappa shape index (κ3) is 3.81. The molecule has 1 rings (SSSR count). The lowest BCUT2D eigenvalue weighted by molar-refractivity contribution is 0.287. The summed E-state index contributed by atoms with van der Waals surface area (Å²) in [5.41, 5.74) is 0. The molecule has 1 N–H and O–H groups in total. The topological polar surface area (TPSA) is 49.2 Å². The number of aromatic nitrogens is 2. The smallest absolute Gasteiger partial charge is 0.208 e. The Hall–Kier alpha value is -0.330. The molecule has 0 saturated carbocycles. The SMILES string of the molecule is CN(C)c1nnc(SCCCCO)s1. The molecule has 0 aliphatic rings. The van der Waals surface area contributed by atoms with Crippen molar-refractivity contribution in [3.63, 3.8) is 0 Å². The van der Waals surface area contributed by atoms with Crippen LogP contribution in [0.2, 0.25) is 0 Å². The molecule has 6 heteroatoms. The van der Waals surface area contributed by atoms with E-state index in [1.165, 1.54) is 0 Å². The molecular formula is C8H15N3OS2. The van der Waals surface area contributed by atoms with Crippen molar-refractivity contribution in [3.05, 3.63) is 0 Å². The van der Waals surface area contributed by atoms with E-state index >= 15 is 0 Å². The van der Waals surface area contributed by atoms with Gasteiger partial charge in [-0.2, -0.15) is 0 Å². The van der Waals surface area contributed by atoms with Crippen molar-refractivity contribution in [1.29, 1.82) is 0 Å². The van der Waals surface area contributed by atoms with Gasteiger partial charge in [0.05, 0.1) is 0 Å². The van der Waals surface area contributed by atoms with Gasteiger partial charge in [-0.15, -0.1) is 10.2 Å². The highest BCUT2D eigenvalue weighted by Gasteiger charge is 2.05. The zero-order valence-corrected chi connectivity index (χ0v) is 10.1. The van der Waals surface area contributed by atoms with Crippen LogP contribution in [0.3, 0.4) is 0 Å². The van der Waals surface area contributed by atoms with Crippen molar-refractivity contribution in [3.8, 4) is 0 Å². The molecule has 0 aromatic carbocycles. The van der Waals surface area contributed by atoms with E-state index in [-0.39, 0.29) is 6.61 Å². The summed E-state index contributed by atoms with van der Waals surface area (Å²) < 4.78 is 1.01. The molecule has 0 amide bonds. The first kappa shape index (κ1) is 11.7. The average molecular weight is 233 g/mol. The summed E-state index contributed by atoms with van der Waals surface area (Å²) in [7, 11) is 3.92. The lowest BCUT2D eigenvalue weighted by Gasteiger charge is -2.03. The Balaban J connectivity index is 2.29. The van der Waals surface area contributed by atoms with E-state index in [0.717, 1.165) is 28.1 Å². The molecule has 0 bridgehead atoms. The van der Waals surface area contributed by atoms with Crippen molar-refractivity contribution in [2.45, 2.75) is 17.2 Å². The van der Waals surface area contributed by atoms with Gasteiger partial charge in [-0.25, -0.2) is 0 Å². The summed E-state index contributed by atoms with van der Waals surface area (Å²) in [4.78, 5) is 1.95. The van der Waals surface area contributed by atoms with Gasteiger partial charge in [0.15, 0.2) is 4.34 Å². The van der Waals surface area contributed by atoms with Crippen LogP contribution in [0.25, 0.3) is 0 Å². The van der Waals surface area contributed by atoms with E-state index in [2.05, 4.69) is 10.2 Å².